The Morgan fingerprint density at radius 3 is 2.62 bits per heavy atom. The van der Waals surface area contributed by atoms with Gasteiger partial charge < -0.3 is 5.32 Å². The van der Waals surface area contributed by atoms with Crippen molar-refractivity contribution in [1.82, 2.24) is 10.2 Å². The zero-order chi connectivity index (χ0) is 20.6. The normalized spacial score (nSPS) is 26.9. The average Bonchev–Trinajstić information content (AvgIpc) is 3.20. The molecule has 0 radical (unpaired) electrons. The van der Waals surface area contributed by atoms with Crippen molar-refractivity contribution in [3.63, 3.8) is 0 Å². The lowest BCUT2D eigenvalue weighted by molar-refractivity contribution is -0.127. The van der Waals surface area contributed by atoms with Crippen molar-refractivity contribution in [1.29, 1.82) is 5.41 Å². The van der Waals surface area contributed by atoms with Gasteiger partial charge in [-0.3, -0.25) is 15.1 Å². The first kappa shape index (κ1) is 19.5. The Morgan fingerprint density at radius 2 is 1.93 bits per heavy atom. The number of amides is 1. The molecule has 6 heteroatoms. The van der Waals surface area contributed by atoms with Gasteiger partial charge in [0.2, 0.25) is 5.91 Å². The molecule has 1 spiro atoms. The molecule has 2 fully saturated rings. The van der Waals surface area contributed by atoms with Crippen molar-refractivity contribution >= 4 is 29.3 Å². The first-order valence-corrected chi connectivity index (χ1v) is 10.7. The number of benzene rings is 2. The van der Waals surface area contributed by atoms with Crippen LogP contribution in [0, 0.1) is 12.0 Å². The van der Waals surface area contributed by atoms with Crippen molar-refractivity contribution in [2.24, 2.45) is 0 Å². The molecule has 2 unspecified atom stereocenters. The van der Waals surface area contributed by atoms with E-state index in [1.165, 1.54) is 4.90 Å². The second-order valence-electron chi connectivity index (χ2n) is 7.92. The fourth-order valence-electron chi connectivity index (χ4n) is 4.43. The molecule has 1 amide bonds. The largest absolute Gasteiger partial charge is 0.345 e. The van der Waals surface area contributed by atoms with Gasteiger partial charge in [0.25, 0.3) is 0 Å². The molecule has 148 valence electrons. The second kappa shape index (κ2) is 7.23. The van der Waals surface area contributed by atoms with Crippen LogP contribution in [-0.2, 0) is 10.3 Å². The third kappa shape index (κ3) is 3.20. The molecular weight excluding hydrogens is 380 g/mol. The highest BCUT2D eigenvalue weighted by molar-refractivity contribution is 8.01. The number of hydrogen-bond donors (Lipinski definition) is 2. The Balaban J connectivity index is 1.84. The Labute approximate surface area is 175 Å². The Bertz CT molecular complexity index is 1020. The number of nitrogens with one attached hydrogen (secondary N) is 2. The fraction of sp³-hybridized carbons (Fsp3) is 0.348. The minimum atomic E-state index is -0.556. The molecule has 2 aliphatic rings. The molecular formula is C23H24N4OS. The van der Waals surface area contributed by atoms with E-state index in [0.29, 0.717) is 12.1 Å². The molecule has 0 aliphatic carbocycles. The quantitative estimate of drug-likeness (QED) is 0.709. The minimum Gasteiger partial charge on any atom is -0.345 e. The summed E-state index contributed by atoms with van der Waals surface area (Å²) in [5.74, 6) is 1.15. The highest BCUT2D eigenvalue weighted by Crippen LogP contribution is 2.54. The Kier molecular flexibility index (Phi) is 4.87. The van der Waals surface area contributed by atoms with Crippen molar-refractivity contribution in [3.8, 4) is 11.1 Å². The lowest BCUT2D eigenvalue weighted by atomic mass is 9.74. The van der Waals surface area contributed by atoms with E-state index in [-0.39, 0.29) is 16.6 Å². The molecule has 0 saturated carbocycles. The first-order valence-electron chi connectivity index (χ1n) is 9.74. The van der Waals surface area contributed by atoms with Crippen LogP contribution in [0.5, 0.6) is 0 Å². The van der Waals surface area contributed by atoms with Gasteiger partial charge in [0.15, 0.2) is 11.6 Å². The molecule has 2 aromatic rings. The summed E-state index contributed by atoms with van der Waals surface area (Å²) in [6.45, 7) is 9.41. The zero-order valence-corrected chi connectivity index (χ0v) is 17.5. The van der Waals surface area contributed by atoms with E-state index in [9.17, 15) is 4.79 Å². The van der Waals surface area contributed by atoms with Crippen LogP contribution in [0.4, 0.5) is 5.69 Å². The maximum Gasteiger partial charge on any atom is 0.230 e. The lowest BCUT2D eigenvalue weighted by Gasteiger charge is -2.45. The van der Waals surface area contributed by atoms with Crippen LogP contribution >= 0.6 is 11.8 Å². The van der Waals surface area contributed by atoms with Gasteiger partial charge in [-0.05, 0) is 54.3 Å². The first-order chi connectivity index (χ1) is 13.9. The van der Waals surface area contributed by atoms with E-state index in [4.69, 9.17) is 12.0 Å². The lowest BCUT2D eigenvalue weighted by Crippen LogP contribution is -2.56. The zero-order valence-electron chi connectivity index (χ0n) is 16.7. The van der Waals surface area contributed by atoms with Gasteiger partial charge in [-0.2, -0.15) is 11.8 Å². The molecule has 0 bridgehead atoms. The van der Waals surface area contributed by atoms with Crippen molar-refractivity contribution in [2.75, 3.05) is 12.8 Å². The summed E-state index contributed by atoms with van der Waals surface area (Å²) >= 11 is 1.85. The van der Waals surface area contributed by atoms with Gasteiger partial charge in [-0.25, -0.2) is 4.85 Å². The highest BCUT2D eigenvalue weighted by atomic mass is 32.2. The predicted octanol–water partition coefficient (Wildman–Crippen LogP) is 4.77. The van der Waals surface area contributed by atoms with Crippen molar-refractivity contribution in [3.05, 3.63) is 65.5 Å². The number of guanidine groups is 1. The van der Waals surface area contributed by atoms with Gasteiger partial charge in [-0.1, -0.05) is 36.4 Å². The standard InChI is InChI=1S/C23H24N4OS/c1-22(23(11-6-12-29-23)15-20(28)27(3)21(24)26-22)18-9-4-7-16(13-18)17-8-5-10-19(14-17)25-2/h4-5,7-10,13-14H,6,11-12,15H2,1,3H3,(H2,24,26). The SMILES string of the molecule is [C-]#[N+]c1cccc(-c2cccc(C3(C)NC(=N)N(C)C(=O)CC34CCCS4)c2)c1. The van der Waals surface area contributed by atoms with E-state index >= 15 is 0 Å². The Morgan fingerprint density at radius 1 is 1.21 bits per heavy atom. The third-order valence-corrected chi connectivity index (χ3v) is 8.08. The monoisotopic (exact) mass is 404 g/mol. The molecule has 4 rings (SSSR count). The summed E-state index contributed by atoms with van der Waals surface area (Å²) < 4.78 is -0.294. The van der Waals surface area contributed by atoms with Crippen molar-refractivity contribution < 1.29 is 4.79 Å². The van der Waals surface area contributed by atoms with Crippen LogP contribution < -0.4 is 5.32 Å². The summed E-state index contributed by atoms with van der Waals surface area (Å²) in [7, 11) is 1.67. The Hall–Kier alpha value is -2.78. The molecule has 5 nitrogen and oxygen atoms in total. The maximum absolute atomic E-state index is 12.8. The van der Waals surface area contributed by atoms with Crippen LogP contribution in [-0.4, -0.2) is 34.3 Å². The van der Waals surface area contributed by atoms with Crippen LogP contribution in [0.2, 0.25) is 0 Å². The highest BCUT2D eigenvalue weighted by Gasteiger charge is 2.55. The van der Waals surface area contributed by atoms with Gasteiger partial charge in [-0.15, -0.1) is 0 Å². The molecule has 2 atom stereocenters. The van der Waals surface area contributed by atoms with Crippen molar-refractivity contribution in [2.45, 2.75) is 36.5 Å². The van der Waals surface area contributed by atoms with Crippen LogP contribution in [0.1, 0.15) is 31.7 Å². The summed E-state index contributed by atoms with van der Waals surface area (Å²) in [5.41, 5.74) is 3.15. The van der Waals surface area contributed by atoms with Crippen LogP contribution in [0.25, 0.3) is 16.0 Å². The number of carbonyl (C=O) groups is 1. The smallest absolute Gasteiger partial charge is 0.230 e. The fourth-order valence-corrected chi connectivity index (χ4v) is 6.08. The minimum absolute atomic E-state index is 0.0125. The summed E-state index contributed by atoms with van der Waals surface area (Å²) in [6, 6.07) is 15.9. The van der Waals surface area contributed by atoms with E-state index in [0.717, 1.165) is 35.3 Å². The number of thioether (sulfide) groups is 1. The maximum atomic E-state index is 12.8. The van der Waals surface area contributed by atoms with Gasteiger partial charge >= 0.3 is 0 Å². The predicted molar refractivity (Wildman–Crippen MR) is 118 cm³/mol. The molecule has 29 heavy (non-hydrogen) atoms. The molecule has 0 aromatic heterocycles. The van der Waals surface area contributed by atoms with E-state index in [1.807, 2.05) is 48.2 Å². The molecule has 2 N–H and O–H groups in total. The second-order valence-corrected chi connectivity index (χ2v) is 9.40. The molecule has 2 aromatic carbocycles. The molecule has 2 heterocycles. The van der Waals surface area contributed by atoms with Crippen LogP contribution in [0.15, 0.2) is 48.5 Å². The van der Waals surface area contributed by atoms with Gasteiger partial charge in [0.05, 0.1) is 16.9 Å². The summed E-state index contributed by atoms with van der Waals surface area (Å²) in [6.07, 6.45) is 2.42. The third-order valence-electron chi connectivity index (χ3n) is 6.28. The van der Waals surface area contributed by atoms with Gasteiger partial charge in [0, 0.05) is 13.5 Å². The van der Waals surface area contributed by atoms with Gasteiger partial charge in [0.1, 0.15) is 0 Å². The molecule has 2 aliphatic heterocycles. The van der Waals surface area contributed by atoms with E-state index in [1.54, 1.807) is 7.05 Å². The molecule has 2 saturated heterocycles. The summed E-state index contributed by atoms with van der Waals surface area (Å²) in [4.78, 5) is 17.7. The number of carbonyl (C=O) groups excluding carboxylic acids is 1. The summed E-state index contributed by atoms with van der Waals surface area (Å²) in [5, 5.41) is 11.8. The number of rotatable bonds is 2. The van der Waals surface area contributed by atoms with E-state index < -0.39 is 5.54 Å². The van der Waals surface area contributed by atoms with Crippen LogP contribution in [0.3, 0.4) is 0 Å². The number of hydrogen-bond acceptors (Lipinski definition) is 3. The average molecular weight is 405 g/mol. The van der Waals surface area contributed by atoms with E-state index in [2.05, 4.69) is 29.2 Å². The topological polar surface area (TPSA) is 60.6 Å². The number of nitrogens with zero attached hydrogens (tertiary/aromatic N) is 2.